The van der Waals surface area contributed by atoms with Crippen LogP contribution in [0.15, 0.2) is 57.7 Å². The van der Waals surface area contributed by atoms with E-state index in [9.17, 15) is 14.4 Å². The van der Waals surface area contributed by atoms with E-state index in [-0.39, 0.29) is 16.7 Å². The first-order valence-corrected chi connectivity index (χ1v) is 7.21. The normalized spacial score (nSPS) is 12.0. The molecule has 1 amide bonds. The minimum absolute atomic E-state index is 0.00715. The molecule has 1 aromatic heterocycles. The van der Waals surface area contributed by atoms with Crippen molar-refractivity contribution in [3.05, 3.63) is 64.6 Å². The van der Waals surface area contributed by atoms with Crippen molar-refractivity contribution >= 4 is 28.7 Å². The number of anilines is 1. The maximum Gasteiger partial charge on any atom is 0.420 e. The molecule has 1 heterocycles. The number of aromatic nitrogens is 1. The number of benzene rings is 2. The molecule has 3 aromatic rings. The molecule has 0 spiro atoms. The van der Waals surface area contributed by atoms with Crippen LogP contribution >= 0.6 is 0 Å². The van der Waals surface area contributed by atoms with Crippen molar-refractivity contribution in [1.82, 2.24) is 4.57 Å². The quantitative estimate of drug-likeness (QED) is 0.767. The van der Waals surface area contributed by atoms with E-state index in [0.717, 1.165) is 4.57 Å². The summed E-state index contributed by atoms with van der Waals surface area (Å²) >= 11 is 0. The summed E-state index contributed by atoms with van der Waals surface area (Å²) in [4.78, 5) is 35.6. The van der Waals surface area contributed by atoms with Gasteiger partial charge in [-0.05, 0) is 37.3 Å². The molecule has 0 radical (unpaired) electrons. The van der Waals surface area contributed by atoms with Crippen molar-refractivity contribution in [2.75, 3.05) is 5.32 Å². The molecule has 2 aromatic carbocycles. The van der Waals surface area contributed by atoms with Crippen molar-refractivity contribution in [2.45, 2.75) is 13.0 Å². The maximum atomic E-state index is 12.4. The summed E-state index contributed by atoms with van der Waals surface area (Å²) in [5.41, 5.74) is 1.09. The number of carboxylic acids is 1. The van der Waals surface area contributed by atoms with Crippen LogP contribution in [-0.2, 0) is 4.79 Å². The number of carbonyl (C=O) groups excluding carboxylic acids is 1. The van der Waals surface area contributed by atoms with Crippen LogP contribution in [-0.4, -0.2) is 21.6 Å². The molecule has 0 bridgehead atoms. The number of para-hydroxylation sites is 1. The Bertz CT molecular complexity index is 972. The zero-order valence-electron chi connectivity index (χ0n) is 12.7. The van der Waals surface area contributed by atoms with Gasteiger partial charge in [-0.2, -0.15) is 0 Å². The number of carbonyl (C=O) groups is 2. The first-order valence-electron chi connectivity index (χ1n) is 7.21. The van der Waals surface area contributed by atoms with Gasteiger partial charge in [0.1, 0.15) is 6.04 Å². The summed E-state index contributed by atoms with van der Waals surface area (Å²) in [5, 5.41) is 11.8. The highest BCUT2D eigenvalue weighted by Crippen LogP contribution is 2.20. The summed E-state index contributed by atoms with van der Waals surface area (Å²) in [7, 11) is 0. The van der Waals surface area contributed by atoms with Gasteiger partial charge in [-0.3, -0.25) is 9.36 Å². The summed E-state index contributed by atoms with van der Waals surface area (Å²) in [6, 6.07) is 12.0. The number of rotatable bonds is 4. The van der Waals surface area contributed by atoms with Crippen LogP contribution in [0.2, 0.25) is 0 Å². The molecule has 1 atom stereocenters. The molecule has 24 heavy (non-hydrogen) atoms. The zero-order valence-corrected chi connectivity index (χ0v) is 12.7. The van der Waals surface area contributed by atoms with E-state index in [1.54, 1.807) is 31.2 Å². The third-order valence-electron chi connectivity index (χ3n) is 3.67. The number of amides is 1. The molecule has 7 nitrogen and oxygen atoms in total. The molecule has 0 aliphatic rings. The van der Waals surface area contributed by atoms with Crippen LogP contribution in [0.25, 0.3) is 11.1 Å². The lowest BCUT2D eigenvalue weighted by Gasteiger charge is -2.13. The lowest BCUT2D eigenvalue weighted by molar-refractivity contribution is -0.118. The highest BCUT2D eigenvalue weighted by molar-refractivity contribution is 5.95. The first-order chi connectivity index (χ1) is 11.5. The molecule has 0 aliphatic carbocycles. The second-order valence-electron chi connectivity index (χ2n) is 5.26. The van der Waals surface area contributed by atoms with Gasteiger partial charge in [0, 0.05) is 5.69 Å². The lowest BCUT2D eigenvalue weighted by atomic mass is 10.2. The van der Waals surface area contributed by atoms with E-state index in [2.05, 4.69) is 5.32 Å². The minimum atomic E-state index is -1.13. The van der Waals surface area contributed by atoms with Crippen molar-refractivity contribution in [3.63, 3.8) is 0 Å². The molecular formula is C17H14N2O5. The SMILES string of the molecule is CC(C(=O)Nc1ccccc1)n1c(=O)oc2ccc(C(=O)O)cc21. The van der Waals surface area contributed by atoms with Crippen molar-refractivity contribution < 1.29 is 19.1 Å². The van der Waals surface area contributed by atoms with Gasteiger partial charge in [-0.15, -0.1) is 0 Å². The topological polar surface area (TPSA) is 102 Å². The monoisotopic (exact) mass is 326 g/mol. The average Bonchev–Trinajstić information content (AvgIpc) is 2.89. The largest absolute Gasteiger partial charge is 0.478 e. The maximum absolute atomic E-state index is 12.4. The standard InChI is InChI=1S/C17H14N2O5/c1-10(15(20)18-12-5-3-2-4-6-12)19-13-9-11(16(21)22)7-8-14(13)24-17(19)23/h2-10H,1H3,(H,18,20)(H,21,22). The van der Waals surface area contributed by atoms with E-state index in [1.165, 1.54) is 18.2 Å². The van der Waals surface area contributed by atoms with Gasteiger partial charge in [0.05, 0.1) is 11.1 Å². The summed E-state index contributed by atoms with van der Waals surface area (Å²) < 4.78 is 6.23. The van der Waals surface area contributed by atoms with Crippen LogP contribution in [0.1, 0.15) is 23.3 Å². The Labute approximate surface area is 136 Å². The van der Waals surface area contributed by atoms with Crippen molar-refractivity contribution in [2.24, 2.45) is 0 Å². The lowest BCUT2D eigenvalue weighted by Crippen LogP contribution is -2.29. The fourth-order valence-electron chi connectivity index (χ4n) is 2.42. The number of nitrogens with zero attached hydrogens (tertiary/aromatic N) is 1. The van der Waals surface area contributed by atoms with Crippen LogP contribution < -0.4 is 11.1 Å². The molecule has 7 heteroatoms. The van der Waals surface area contributed by atoms with Gasteiger partial charge in [-0.25, -0.2) is 9.59 Å². The number of carboxylic acid groups (broad SMARTS) is 1. The second-order valence-corrected chi connectivity index (χ2v) is 5.26. The Morgan fingerprint density at radius 2 is 1.88 bits per heavy atom. The van der Waals surface area contributed by atoms with Crippen LogP contribution in [0.3, 0.4) is 0 Å². The van der Waals surface area contributed by atoms with Crippen molar-refractivity contribution in [1.29, 1.82) is 0 Å². The third-order valence-corrected chi connectivity index (χ3v) is 3.67. The Morgan fingerprint density at radius 1 is 1.17 bits per heavy atom. The third kappa shape index (κ3) is 2.79. The first kappa shape index (κ1) is 15.5. The smallest absolute Gasteiger partial charge is 0.420 e. The predicted octanol–water partition coefficient (Wildman–Crippen LogP) is 2.49. The molecule has 0 saturated carbocycles. The van der Waals surface area contributed by atoms with E-state index < -0.39 is 23.7 Å². The van der Waals surface area contributed by atoms with Crippen LogP contribution in [0, 0.1) is 0 Å². The van der Waals surface area contributed by atoms with Gasteiger partial charge in [0.25, 0.3) is 0 Å². The van der Waals surface area contributed by atoms with E-state index >= 15 is 0 Å². The molecule has 1 unspecified atom stereocenters. The number of hydrogen-bond acceptors (Lipinski definition) is 4. The summed E-state index contributed by atoms with van der Waals surface area (Å²) in [6.07, 6.45) is 0. The Kier molecular flexibility index (Phi) is 3.91. The van der Waals surface area contributed by atoms with Gasteiger partial charge < -0.3 is 14.8 Å². The fraction of sp³-hybridized carbons (Fsp3) is 0.118. The summed E-state index contributed by atoms with van der Waals surface area (Å²) in [5.74, 6) is -2.26. The predicted molar refractivity (Wildman–Crippen MR) is 87.2 cm³/mol. The van der Waals surface area contributed by atoms with E-state index in [0.29, 0.717) is 5.69 Å². The average molecular weight is 326 g/mol. The fourth-order valence-corrected chi connectivity index (χ4v) is 2.42. The van der Waals surface area contributed by atoms with E-state index in [1.807, 2.05) is 6.07 Å². The van der Waals surface area contributed by atoms with Gasteiger partial charge in [0.2, 0.25) is 5.91 Å². The Balaban J connectivity index is 1.99. The highest BCUT2D eigenvalue weighted by atomic mass is 16.4. The molecule has 0 aliphatic heterocycles. The number of fused-ring (bicyclic) bond motifs is 1. The van der Waals surface area contributed by atoms with Crippen LogP contribution in [0.5, 0.6) is 0 Å². The number of hydrogen-bond donors (Lipinski definition) is 2. The summed E-state index contributed by atoms with van der Waals surface area (Å²) in [6.45, 7) is 1.54. The Morgan fingerprint density at radius 3 is 2.54 bits per heavy atom. The van der Waals surface area contributed by atoms with Gasteiger partial charge in [-0.1, -0.05) is 18.2 Å². The number of oxazole rings is 1. The minimum Gasteiger partial charge on any atom is -0.478 e. The number of nitrogens with one attached hydrogen (secondary N) is 1. The number of aromatic carboxylic acids is 1. The van der Waals surface area contributed by atoms with Gasteiger partial charge in [0.15, 0.2) is 5.58 Å². The molecular weight excluding hydrogens is 312 g/mol. The molecule has 3 rings (SSSR count). The molecule has 0 fully saturated rings. The van der Waals surface area contributed by atoms with Gasteiger partial charge >= 0.3 is 11.7 Å². The van der Waals surface area contributed by atoms with Crippen molar-refractivity contribution in [3.8, 4) is 0 Å². The molecule has 122 valence electrons. The van der Waals surface area contributed by atoms with E-state index in [4.69, 9.17) is 9.52 Å². The second kappa shape index (κ2) is 6.04. The molecule has 0 saturated heterocycles. The van der Waals surface area contributed by atoms with Crippen LogP contribution in [0.4, 0.5) is 5.69 Å². The zero-order chi connectivity index (χ0) is 17.3. The molecule has 2 N–H and O–H groups in total. The highest BCUT2D eigenvalue weighted by Gasteiger charge is 2.22. The Hall–Kier alpha value is -3.35.